The third-order valence-electron chi connectivity index (χ3n) is 6.21. The van der Waals surface area contributed by atoms with Gasteiger partial charge < -0.3 is 14.1 Å². The topological polar surface area (TPSA) is 102 Å². The van der Waals surface area contributed by atoms with E-state index in [2.05, 4.69) is 10.3 Å². The SMILES string of the molecule is Cc1cc(=O)oc2cc(OCC(=O)Nc3nc(-c4ccc5c(c4)C(C)(C)C(=O)N5C)cs3)ccc12. The largest absolute Gasteiger partial charge is 0.484 e. The normalized spacial score (nSPS) is 14.3. The van der Waals surface area contributed by atoms with Crippen molar-refractivity contribution in [3.63, 3.8) is 0 Å². The number of thiazole rings is 1. The Kier molecular flexibility index (Phi) is 5.44. The van der Waals surface area contributed by atoms with Crippen LogP contribution in [0.3, 0.4) is 0 Å². The lowest BCUT2D eigenvalue weighted by molar-refractivity contribution is -0.121. The maximum Gasteiger partial charge on any atom is 0.336 e. The second-order valence-corrected chi connectivity index (χ2v) is 9.86. The van der Waals surface area contributed by atoms with Crippen LogP contribution < -0.4 is 20.6 Å². The molecular weight excluding hydrogens is 466 g/mol. The van der Waals surface area contributed by atoms with Gasteiger partial charge in [-0.25, -0.2) is 9.78 Å². The number of aryl methyl sites for hydroxylation is 1. The van der Waals surface area contributed by atoms with Crippen molar-refractivity contribution in [2.45, 2.75) is 26.2 Å². The number of nitrogens with zero attached hydrogens (tertiary/aromatic N) is 2. The molecule has 2 aromatic heterocycles. The Labute approximate surface area is 205 Å². The maximum absolute atomic E-state index is 12.5. The minimum atomic E-state index is -0.603. The van der Waals surface area contributed by atoms with E-state index in [-0.39, 0.29) is 18.4 Å². The van der Waals surface area contributed by atoms with Crippen LogP contribution in [0.4, 0.5) is 10.8 Å². The molecule has 0 aliphatic carbocycles. The molecule has 0 spiro atoms. The van der Waals surface area contributed by atoms with Gasteiger partial charge in [-0.05, 0) is 56.2 Å². The summed E-state index contributed by atoms with van der Waals surface area (Å²) in [4.78, 5) is 42.8. The van der Waals surface area contributed by atoms with Crippen LogP contribution in [0.15, 0.2) is 57.1 Å². The zero-order valence-corrected chi connectivity index (χ0v) is 20.5. The van der Waals surface area contributed by atoms with Crippen LogP contribution in [0.1, 0.15) is 25.0 Å². The van der Waals surface area contributed by atoms with E-state index in [4.69, 9.17) is 9.15 Å². The highest BCUT2D eigenvalue weighted by Crippen LogP contribution is 2.42. The van der Waals surface area contributed by atoms with Crippen LogP contribution in [0.5, 0.6) is 5.75 Å². The standard InChI is InChI=1S/C26H23N3O5S/c1-14-9-23(31)34-21-11-16(6-7-17(14)21)33-12-22(30)28-25-27-19(13-35-25)15-5-8-20-18(10-15)26(2,3)24(32)29(20)4/h5-11,13H,12H2,1-4H3,(H,27,28,30). The number of amides is 2. The molecule has 0 saturated heterocycles. The molecule has 8 nitrogen and oxygen atoms in total. The number of carbonyl (C=O) groups is 2. The van der Waals surface area contributed by atoms with E-state index >= 15 is 0 Å². The highest BCUT2D eigenvalue weighted by molar-refractivity contribution is 7.14. The van der Waals surface area contributed by atoms with Gasteiger partial charge >= 0.3 is 5.63 Å². The van der Waals surface area contributed by atoms with Crippen molar-refractivity contribution < 1.29 is 18.7 Å². The van der Waals surface area contributed by atoms with E-state index in [0.29, 0.717) is 22.2 Å². The number of ether oxygens (including phenoxy) is 1. The quantitative estimate of drug-likeness (QED) is 0.414. The molecule has 178 valence electrons. The Morgan fingerprint density at radius 3 is 2.77 bits per heavy atom. The van der Waals surface area contributed by atoms with Gasteiger partial charge in [0.05, 0.1) is 11.1 Å². The molecular formula is C26H23N3O5S. The Morgan fingerprint density at radius 1 is 1.17 bits per heavy atom. The van der Waals surface area contributed by atoms with E-state index < -0.39 is 11.0 Å². The van der Waals surface area contributed by atoms with Crippen molar-refractivity contribution in [1.82, 2.24) is 4.98 Å². The van der Waals surface area contributed by atoms with Crippen LogP contribution in [0.2, 0.25) is 0 Å². The van der Waals surface area contributed by atoms with E-state index in [1.165, 1.54) is 17.4 Å². The van der Waals surface area contributed by atoms with Crippen LogP contribution >= 0.6 is 11.3 Å². The molecule has 0 unspecified atom stereocenters. The van der Waals surface area contributed by atoms with Crippen LogP contribution in [-0.2, 0) is 15.0 Å². The Bertz CT molecular complexity index is 1550. The van der Waals surface area contributed by atoms with Gasteiger partial charge in [-0.2, -0.15) is 0 Å². The van der Waals surface area contributed by atoms with Crippen LogP contribution in [0, 0.1) is 6.92 Å². The number of rotatable bonds is 5. The molecule has 3 heterocycles. The lowest BCUT2D eigenvalue weighted by atomic mass is 9.85. The van der Waals surface area contributed by atoms with E-state index in [1.54, 1.807) is 30.1 Å². The number of likely N-dealkylation sites (N-methyl/N-ethyl adjacent to an activating group) is 1. The number of hydrogen-bond donors (Lipinski definition) is 1. The zero-order valence-electron chi connectivity index (χ0n) is 19.7. The molecule has 0 radical (unpaired) electrons. The fraction of sp³-hybridized carbons (Fsp3) is 0.231. The number of aromatic nitrogens is 1. The van der Waals surface area contributed by atoms with Crippen molar-refractivity contribution in [2.75, 3.05) is 23.9 Å². The highest BCUT2D eigenvalue weighted by atomic mass is 32.1. The minimum absolute atomic E-state index is 0.0552. The van der Waals surface area contributed by atoms with Gasteiger partial charge in [0.2, 0.25) is 5.91 Å². The lowest BCUT2D eigenvalue weighted by Gasteiger charge is -2.16. The third kappa shape index (κ3) is 4.08. The molecule has 9 heteroatoms. The molecule has 0 saturated carbocycles. The van der Waals surface area contributed by atoms with Crippen molar-refractivity contribution in [3.8, 4) is 17.0 Å². The average molecular weight is 490 g/mol. The van der Waals surface area contributed by atoms with E-state index in [0.717, 1.165) is 27.8 Å². The predicted octanol–water partition coefficient (Wildman–Crippen LogP) is 4.50. The minimum Gasteiger partial charge on any atom is -0.484 e. The average Bonchev–Trinajstić information content (AvgIpc) is 3.35. The van der Waals surface area contributed by atoms with Gasteiger partial charge in [0.15, 0.2) is 11.7 Å². The number of benzene rings is 2. The summed E-state index contributed by atoms with van der Waals surface area (Å²) in [7, 11) is 1.78. The summed E-state index contributed by atoms with van der Waals surface area (Å²) in [6, 6.07) is 12.4. The molecule has 2 aromatic carbocycles. The first-order chi connectivity index (χ1) is 16.6. The van der Waals surface area contributed by atoms with Crippen molar-refractivity contribution in [3.05, 3.63) is 69.4 Å². The molecule has 35 heavy (non-hydrogen) atoms. The van der Waals surface area contributed by atoms with Crippen molar-refractivity contribution in [1.29, 1.82) is 0 Å². The molecule has 0 atom stereocenters. The summed E-state index contributed by atoms with van der Waals surface area (Å²) < 4.78 is 10.8. The first-order valence-corrected chi connectivity index (χ1v) is 11.9. The molecule has 0 bridgehead atoms. The third-order valence-corrected chi connectivity index (χ3v) is 6.97. The summed E-state index contributed by atoms with van der Waals surface area (Å²) in [5, 5.41) is 5.86. The Balaban J connectivity index is 1.26. The number of anilines is 2. The fourth-order valence-electron chi connectivity index (χ4n) is 4.30. The second kappa shape index (κ2) is 8.35. The first-order valence-electron chi connectivity index (χ1n) is 11.0. The zero-order chi connectivity index (χ0) is 24.9. The second-order valence-electron chi connectivity index (χ2n) is 9.00. The van der Waals surface area contributed by atoms with Gasteiger partial charge in [-0.15, -0.1) is 11.3 Å². The van der Waals surface area contributed by atoms with Crippen LogP contribution in [-0.4, -0.2) is 30.5 Å². The Morgan fingerprint density at radius 2 is 1.97 bits per heavy atom. The predicted molar refractivity (Wildman–Crippen MR) is 135 cm³/mol. The van der Waals surface area contributed by atoms with Crippen molar-refractivity contribution in [2.24, 2.45) is 0 Å². The summed E-state index contributed by atoms with van der Waals surface area (Å²) in [6.45, 7) is 5.44. The van der Waals surface area contributed by atoms with E-state index in [1.807, 2.05) is 44.4 Å². The summed E-state index contributed by atoms with van der Waals surface area (Å²) in [5.41, 5.74) is 3.62. The number of nitrogens with one attached hydrogen (secondary N) is 1. The smallest absolute Gasteiger partial charge is 0.336 e. The summed E-state index contributed by atoms with van der Waals surface area (Å²) >= 11 is 1.31. The van der Waals surface area contributed by atoms with Gasteiger partial charge in [0, 0.05) is 41.2 Å². The molecule has 1 N–H and O–H groups in total. The molecule has 2 amide bonds. The Hall–Kier alpha value is -3.98. The molecule has 1 aliphatic heterocycles. The fourth-order valence-corrected chi connectivity index (χ4v) is 5.03. The summed E-state index contributed by atoms with van der Waals surface area (Å²) in [5.74, 6) is 0.111. The van der Waals surface area contributed by atoms with E-state index in [9.17, 15) is 14.4 Å². The monoisotopic (exact) mass is 489 g/mol. The number of fused-ring (bicyclic) bond motifs is 2. The van der Waals surface area contributed by atoms with Gasteiger partial charge in [-0.1, -0.05) is 6.07 Å². The highest BCUT2D eigenvalue weighted by Gasteiger charge is 2.42. The van der Waals surface area contributed by atoms with Crippen LogP contribution in [0.25, 0.3) is 22.2 Å². The number of carbonyl (C=O) groups excluding carboxylic acids is 2. The molecule has 5 rings (SSSR count). The van der Waals surface area contributed by atoms with Gasteiger partial charge in [0.1, 0.15) is 11.3 Å². The van der Waals surface area contributed by atoms with Gasteiger partial charge in [0.25, 0.3) is 5.91 Å². The lowest BCUT2D eigenvalue weighted by Crippen LogP contribution is -2.33. The van der Waals surface area contributed by atoms with Gasteiger partial charge in [-0.3, -0.25) is 14.9 Å². The van der Waals surface area contributed by atoms with Crippen molar-refractivity contribution >= 4 is 44.9 Å². The number of hydrogen-bond acceptors (Lipinski definition) is 7. The maximum atomic E-state index is 12.5. The molecule has 4 aromatic rings. The molecule has 1 aliphatic rings. The first kappa shape index (κ1) is 22.8. The molecule has 0 fully saturated rings. The summed E-state index contributed by atoms with van der Waals surface area (Å²) in [6.07, 6.45) is 0.